The van der Waals surface area contributed by atoms with Crippen LogP contribution in [0.15, 0.2) is 0 Å². The van der Waals surface area contributed by atoms with Gasteiger partial charge in [0.2, 0.25) is 0 Å². The SMILES string of the molecule is Cc1nnc(CC#N)nc1N(C)C. The summed E-state index contributed by atoms with van der Waals surface area (Å²) in [6, 6.07) is 1.99. The minimum atomic E-state index is 0.202. The largest absolute Gasteiger partial charge is 0.361 e. The fourth-order valence-electron chi connectivity index (χ4n) is 0.972. The highest BCUT2D eigenvalue weighted by Gasteiger charge is 2.06. The van der Waals surface area contributed by atoms with Gasteiger partial charge in [-0.25, -0.2) is 4.98 Å². The van der Waals surface area contributed by atoms with Crippen LogP contribution in [0.3, 0.4) is 0 Å². The van der Waals surface area contributed by atoms with Gasteiger partial charge >= 0.3 is 0 Å². The third kappa shape index (κ3) is 2.12. The molecule has 0 amide bonds. The quantitative estimate of drug-likeness (QED) is 0.650. The third-order valence-electron chi connectivity index (χ3n) is 1.53. The fraction of sp³-hybridized carbons (Fsp3) is 0.500. The molecule has 0 aliphatic rings. The number of hydrogen-bond acceptors (Lipinski definition) is 5. The molecule has 68 valence electrons. The highest BCUT2D eigenvalue weighted by atomic mass is 15.2. The standard InChI is InChI=1S/C8H11N5/c1-6-8(13(2)3)10-7(4-5-9)12-11-6/h4H2,1-3H3. The third-order valence-corrected chi connectivity index (χ3v) is 1.53. The van der Waals surface area contributed by atoms with Crippen LogP contribution in [0.1, 0.15) is 11.5 Å². The average Bonchev–Trinajstić information content (AvgIpc) is 2.08. The van der Waals surface area contributed by atoms with E-state index >= 15 is 0 Å². The average molecular weight is 177 g/mol. The maximum atomic E-state index is 8.45. The normalized spacial score (nSPS) is 9.38. The second-order valence-corrected chi connectivity index (χ2v) is 2.87. The Hall–Kier alpha value is -1.70. The minimum Gasteiger partial charge on any atom is -0.361 e. The summed E-state index contributed by atoms with van der Waals surface area (Å²) in [5.41, 5.74) is 0.770. The molecule has 13 heavy (non-hydrogen) atoms. The highest BCUT2D eigenvalue weighted by molar-refractivity contribution is 5.40. The number of aryl methyl sites for hydroxylation is 1. The van der Waals surface area contributed by atoms with E-state index in [4.69, 9.17) is 5.26 Å². The lowest BCUT2D eigenvalue weighted by atomic mass is 10.4. The van der Waals surface area contributed by atoms with Crippen LogP contribution in [0, 0.1) is 18.3 Å². The number of nitrogens with zero attached hydrogens (tertiary/aromatic N) is 5. The Balaban J connectivity index is 3.05. The van der Waals surface area contributed by atoms with Crippen molar-refractivity contribution in [3.63, 3.8) is 0 Å². The summed E-state index contributed by atoms with van der Waals surface area (Å²) in [4.78, 5) is 6.04. The van der Waals surface area contributed by atoms with Crippen LogP contribution < -0.4 is 4.90 Å². The number of nitriles is 1. The molecule has 0 aromatic carbocycles. The van der Waals surface area contributed by atoms with Crippen molar-refractivity contribution in [1.29, 1.82) is 5.26 Å². The van der Waals surface area contributed by atoms with E-state index in [9.17, 15) is 0 Å². The summed E-state index contributed by atoms with van der Waals surface area (Å²) in [5, 5.41) is 16.2. The number of aromatic nitrogens is 3. The Morgan fingerprint density at radius 3 is 2.62 bits per heavy atom. The molecule has 5 heteroatoms. The van der Waals surface area contributed by atoms with Crippen LogP contribution in [0.4, 0.5) is 5.82 Å². The van der Waals surface area contributed by atoms with Crippen LogP contribution in [0.25, 0.3) is 0 Å². The fourth-order valence-corrected chi connectivity index (χ4v) is 0.972. The van der Waals surface area contributed by atoms with E-state index in [0.29, 0.717) is 5.82 Å². The predicted octanol–water partition coefficient (Wildman–Crippen LogP) is 0.312. The molecular formula is C8H11N5. The van der Waals surface area contributed by atoms with Crippen molar-refractivity contribution < 1.29 is 0 Å². The lowest BCUT2D eigenvalue weighted by Gasteiger charge is -2.12. The zero-order valence-corrected chi connectivity index (χ0v) is 7.94. The van der Waals surface area contributed by atoms with Crippen LogP contribution in [-0.4, -0.2) is 29.3 Å². The van der Waals surface area contributed by atoms with Crippen molar-refractivity contribution in [2.45, 2.75) is 13.3 Å². The second kappa shape index (κ2) is 3.81. The monoisotopic (exact) mass is 177 g/mol. The first kappa shape index (κ1) is 9.39. The highest BCUT2D eigenvalue weighted by Crippen LogP contribution is 2.10. The molecular weight excluding hydrogens is 166 g/mol. The topological polar surface area (TPSA) is 65.7 Å². The smallest absolute Gasteiger partial charge is 0.167 e. The maximum Gasteiger partial charge on any atom is 0.167 e. The van der Waals surface area contributed by atoms with Crippen molar-refractivity contribution in [3.05, 3.63) is 11.5 Å². The molecule has 1 aromatic heterocycles. The van der Waals surface area contributed by atoms with Gasteiger partial charge in [0.05, 0.1) is 12.5 Å². The van der Waals surface area contributed by atoms with Crippen molar-refractivity contribution in [2.24, 2.45) is 0 Å². The summed E-state index contributed by atoms with van der Waals surface area (Å²) in [7, 11) is 3.76. The van der Waals surface area contributed by atoms with Crippen molar-refractivity contribution in [3.8, 4) is 6.07 Å². The minimum absolute atomic E-state index is 0.202. The summed E-state index contributed by atoms with van der Waals surface area (Å²) >= 11 is 0. The molecule has 0 spiro atoms. The summed E-state index contributed by atoms with van der Waals surface area (Å²) in [5.74, 6) is 1.23. The molecule has 0 radical (unpaired) electrons. The van der Waals surface area contributed by atoms with Gasteiger partial charge in [-0.1, -0.05) is 0 Å². The molecule has 0 saturated heterocycles. The molecule has 0 aliphatic heterocycles. The zero-order valence-electron chi connectivity index (χ0n) is 7.94. The molecule has 0 bridgehead atoms. The van der Waals surface area contributed by atoms with Crippen LogP contribution in [-0.2, 0) is 6.42 Å². The maximum absolute atomic E-state index is 8.45. The molecule has 5 nitrogen and oxygen atoms in total. The molecule has 0 saturated carbocycles. The van der Waals surface area contributed by atoms with Crippen molar-refractivity contribution in [1.82, 2.24) is 15.2 Å². The van der Waals surface area contributed by atoms with E-state index in [1.165, 1.54) is 0 Å². The Morgan fingerprint density at radius 2 is 2.08 bits per heavy atom. The van der Waals surface area contributed by atoms with E-state index in [2.05, 4.69) is 15.2 Å². The Kier molecular flexibility index (Phi) is 2.75. The van der Waals surface area contributed by atoms with Gasteiger partial charge in [-0.3, -0.25) is 0 Å². The molecule has 0 aliphatic carbocycles. The first-order valence-corrected chi connectivity index (χ1v) is 3.89. The number of anilines is 1. The van der Waals surface area contributed by atoms with E-state index in [1.807, 2.05) is 32.0 Å². The van der Waals surface area contributed by atoms with E-state index in [0.717, 1.165) is 11.5 Å². The van der Waals surface area contributed by atoms with Gasteiger partial charge in [0.1, 0.15) is 5.69 Å². The van der Waals surface area contributed by atoms with Gasteiger partial charge in [-0.2, -0.15) is 10.4 Å². The summed E-state index contributed by atoms with van der Waals surface area (Å²) in [6.07, 6.45) is 0.202. The van der Waals surface area contributed by atoms with Gasteiger partial charge in [0.25, 0.3) is 0 Å². The Morgan fingerprint density at radius 1 is 1.38 bits per heavy atom. The van der Waals surface area contributed by atoms with Gasteiger partial charge in [0, 0.05) is 14.1 Å². The summed E-state index contributed by atoms with van der Waals surface area (Å²) < 4.78 is 0. The molecule has 0 unspecified atom stereocenters. The number of rotatable bonds is 2. The molecule has 0 fully saturated rings. The lowest BCUT2D eigenvalue weighted by Crippen LogP contribution is -2.15. The van der Waals surface area contributed by atoms with Crippen molar-refractivity contribution in [2.75, 3.05) is 19.0 Å². The zero-order chi connectivity index (χ0) is 9.84. The van der Waals surface area contributed by atoms with Gasteiger partial charge in [-0.15, -0.1) is 5.10 Å². The lowest BCUT2D eigenvalue weighted by molar-refractivity contribution is 0.834. The van der Waals surface area contributed by atoms with Crippen LogP contribution in [0.5, 0.6) is 0 Å². The Labute approximate surface area is 77.0 Å². The molecule has 0 N–H and O–H groups in total. The van der Waals surface area contributed by atoms with E-state index < -0.39 is 0 Å². The van der Waals surface area contributed by atoms with Gasteiger partial charge in [-0.05, 0) is 6.92 Å². The molecule has 0 atom stereocenters. The van der Waals surface area contributed by atoms with Crippen LogP contribution >= 0.6 is 0 Å². The molecule has 1 heterocycles. The predicted molar refractivity (Wildman–Crippen MR) is 48.2 cm³/mol. The van der Waals surface area contributed by atoms with Crippen molar-refractivity contribution >= 4 is 5.82 Å². The van der Waals surface area contributed by atoms with E-state index in [-0.39, 0.29) is 6.42 Å². The van der Waals surface area contributed by atoms with Gasteiger partial charge < -0.3 is 4.90 Å². The summed E-state index contributed by atoms with van der Waals surface area (Å²) in [6.45, 7) is 1.84. The molecule has 1 aromatic rings. The van der Waals surface area contributed by atoms with Gasteiger partial charge in [0.15, 0.2) is 11.6 Å². The molecule has 1 rings (SSSR count). The van der Waals surface area contributed by atoms with E-state index in [1.54, 1.807) is 0 Å². The van der Waals surface area contributed by atoms with Crippen LogP contribution in [0.2, 0.25) is 0 Å². The first-order valence-electron chi connectivity index (χ1n) is 3.89. The first-order chi connectivity index (χ1) is 6.15. The number of hydrogen-bond donors (Lipinski definition) is 0. The second-order valence-electron chi connectivity index (χ2n) is 2.87. The Bertz CT molecular complexity index is 339.